The standard InChI is InChI=1S/C20H22N4O2S2/c1-27-20-22-17(16-8-10-28-18(16)23-20)26-12-13-4-6-14(7-5-13)19(25)24-9-2-3-15(21)11-24/h4-8,10,15H,2-3,9,11-12,21H2,1H3. The van der Waals surface area contributed by atoms with Crippen LogP contribution in [0, 0.1) is 0 Å². The van der Waals surface area contributed by atoms with Gasteiger partial charge in [0, 0.05) is 24.7 Å². The number of benzene rings is 1. The van der Waals surface area contributed by atoms with Gasteiger partial charge in [0.15, 0.2) is 5.16 Å². The Morgan fingerprint density at radius 3 is 2.89 bits per heavy atom. The van der Waals surface area contributed by atoms with Gasteiger partial charge in [-0.1, -0.05) is 23.9 Å². The van der Waals surface area contributed by atoms with E-state index >= 15 is 0 Å². The number of hydrogen-bond donors (Lipinski definition) is 1. The number of piperidine rings is 1. The zero-order valence-electron chi connectivity index (χ0n) is 15.6. The summed E-state index contributed by atoms with van der Waals surface area (Å²) in [6.07, 6.45) is 3.90. The van der Waals surface area contributed by atoms with Crippen molar-refractivity contribution in [3.05, 3.63) is 46.8 Å². The molecule has 0 bridgehead atoms. The summed E-state index contributed by atoms with van der Waals surface area (Å²) in [6.45, 7) is 1.80. The molecule has 146 valence electrons. The van der Waals surface area contributed by atoms with Crippen molar-refractivity contribution in [3.63, 3.8) is 0 Å². The van der Waals surface area contributed by atoms with Crippen molar-refractivity contribution >= 4 is 39.2 Å². The van der Waals surface area contributed by atoms with Gasteiger partial charge in [-0.05, 0) is 48.2 Å². The second-order valence-electron chi connectivity index (χ2n) is 6.79. The molecule has 28 heavy (non-hydrogen) atoms. The number of carbonyl (C=O) groups excluding carboxylic acids is 1. The lowest BCUT2D eigenvalue weighted by Gasteiger charge is -2.30. The van der Waals surface area contributed by atoms with Gasteiger partial charge in [0.2, 0.25) is 5.88 Å². The van der Waals surface area contributed by atoms with Crippen LogP contribution in [0.3, 0.4) is 0 Å². The summed E-state index contributed by atoms with van der Waals surface area (Å²) >= 11 is 3.07. The summed E-state index contributed by atoms with van der Waals surface area (Å²) < 4.78 is 5.97. The highest BCUT2D eigenvalue weighted by Crippen LogP contribution is 2.29. The molecule has 2 aromatic heterocycles. The molecule has 3 heterocycles. The van der Waals surface area contributed by atoms with Crippen molar-refractivity contribution in [2.24, 2.45) is 5.73 Å². The molecule has 1 aromatic carbocycles. The molecule has 1 fully saturated rings. The van der Waals surface area contributed by atoms with E-state index in [1.165, 1.54) is 11.8 Å². The largest absolute Gasteiger partial charge is 0.472 e. The van der Waals surface area contributed by atoms with Crippen LogP contribution in [-0.4, -0.2) is 46.2 Å². The average molecular weight is 415 g/mol. The minimum Gasteiger partial charge on any atom is -0.472 e. The highest BCUT2D eigenvalue weighted by atomic mass is 32.2. The first-order valence-electron chi connectivity index (χ1n) is 9.20. The van der Waals surface area contributed by atoms with Crippen molar-refractivity contribution < 1.29 is 9.53 Å². The summed E-state index contributed by atoms with van der Waals surface area (Å²) in [5, 5.41) is 3.62. The van der Waals surface area contributed by atoms with Crippen LogP contribution in [0.4, 0.5) is 0 Å². The third-order valence-corrected chi connectivity index (χ3v) is 6.13. The van der Waals surface area contributed by atoms with Crippen molar-refractivity contribution in [1.29, 1.82) is 0 Å². The Morgan fingerprint density at radius 2 is 2.14 bits per heavy atom. The highest BCUT2D eigenvalue weighted by Gasteiger charge is 2.22. The zero-order valence-corrected chi connectivity index (χ0v) is 17.3. The predicted molar refractivity (Wildman–Crippen MR) is 113 cm³/mol. The van der Waals surface area contributed by atoms with Crippen LogP contribution in [0.15, 0.2) is 40.9 Å². The van der Waals surface area contributed by atoms with Gasteiger partial charge >= 0.3 is 0 Å². The second-order valence-corrected chi connectivity index (χ2v) is 8.46. The van der Waals surface area contributed by atoms with Gasteiger partial charge in [0.05, 0.1) is 5.39 Å². The molecule has 6 nitrogen and oxygen atoms in total. The molecule has 0 radical (unpaired) electrons. The number of likely N-dealkylation sites (tertiary alicyclic amines) is 1. The van der Waals surface area contributed by atoms with Crippen LogP contribution < -0.4 is 10.5 Å². The average Bonchev–Trinajstić information content (AvgIpc) is 3.20. The fraction of sp³-hybridized carbons (Fsp3) is 0.350. The van der Waals surface area contributed by atoms with E-state index in [0.717, 1.165) is 35.2 Å². The lowest BCUT2D eigenvalue weighted by Crippen LogP contribution is -2.45. The van der Waals surface area contributed by atoms with Crippen LogP contribution in [0.5, 0.6) is 5.88 Å². The van der Waals surface area contributed by atoms with E-state index in [1.54, 1.807) is 11.3 Å². The fourth-order valence-electron chi connectivity index (χ4n) is 3.28. The molecule has 0 aliphatic carbocycles. The van der Waals surface area contributed by atoms with Gasteiger partial charge in [-0.2, -0.15) is 4.98 Å². The summed E-state index contributed by atoms with van der Waals surface area (Å²) in [5.41, 5.74) is 7.66. The Hall–Kier alpha value is -2.16. The van der Waals surface area contributed by atoms with Crippen LogP contribution in [0.25, 0.3) is 10.2 Å². The van der Waals surface area contributed by atoms with Crippen LogP contribution in [-0.2, 0) is 6.61 Å². The number of carbonyl (C=O) groups is 1. The number of nitrogens with two attached hydrogens (primary N) is 1. The molecule has 0 spiro atoms. The van der Waals surface area contributed by atoms with E-state index in [2.05, 4.69) is 9.97 Å². The maximum atomic E-state index is 12.6. The van der Waals surface area contributed by atoms with Crippen molar-refractivity contribution in [2.75, 3.05) is 19.3 Å². The molecule has 8 heteroatoms. The molecule has 1 saturated heterocycles. The van der Waals surface area contributed by atoms with E-state index in [9.17, 15) is 4.79 Å². The minimum atomic E-state index is 0.0445. The van der Waals surface area contributed by atoms with Crippen LogP contribution in [0.2, 0.25) is 0 Å². The lowest BCUT2D eigenvalue weighted by atomic mass is 10.0. The van der Waals surface area contributed by atoms with Crippen LogP contribution in [0.1, 0.15) is 28.8 Å². The van der Waals surface area contributed by atoms with Gasteiger partial charge < -0.3 is 15.4 Å². The van der Waals surface area contributed by atoms with Crippen LogP contribution >= 0.6 is 23.1 Å². The number of thiophene rings is 1. The fourth-order valence-corrected chi connectivity index (χ4v) is 4.45. The first-order chi connectivity index (χ1) is 13.6. The molecule has 1 aliphatic heterocycles. The third-order valence-electron chi connectivity index (χ3n) is 4.77. The quantitative estimate of drug-likeness (QED) is 0.508. The predicted octanol–water partition coefficient (Wildman–Crippen LogP) is 3.56. The van der Waals surface area contributed by atoms with Crippen molar-refractivity contribution in [3.8, 4) is 5.88 Å². The molecule has 3 aromatic rings. The molecule has 1 unspecified atom stereocenters. The third kappa shape index (κ3) is 4.14. The number of nitrogens with zero attached hydrogens (tertiary/aromatic N) is 3. The summed E-state index contributed by atoms with van der Waals surface area (Å²) in [6, 6.07) is 9.63. The van der Waals surface area contributed by atoms with Gasteiger partial charge in [0.25, 0.3) is 5.91 Å². The highest BCUT2D eigenvalue weighted by molar-refractivity contribution is 7.98. The Balaban J connectivity index is 1.44. The number of amides is 1. The molecule has 2 N–H and O–H groups in total. The second kappa shape index (κ2) is 8.46. The first-order valence-corrected chi connectivity index (χ1v) is 11.3. The summed E-state index contributed by atoms with van der Waals surface area (Å²) in [7, 11) is 0. The Morgan fingerprint density at radius 1 is 1.32 bits per heavy atom. The first kappa shape index (κ1) is 19.2. The van der Waals surface area contributed by atoms with Gasteiger partial charge in [0.1, 0.15) is 11.4 Å². The van der Waals surface area contributed by atoms with Crippen molar-refractivity contribution in [1.82, 2.24) is 14.9 Å². The molecule has 1 aliphatic rings. The van der Waals surface area contributed by atoms with E-state index < -0.39 is 0 Å². The molecule has 1 atom stereocenters. The monoisotopic (exact) mass is 414 g/mol. The minimum absolute atomic E-state index is 0.0445. The van der Waals surface area contributed by atoms with Crippen molar-refractivity contribution in [2.45, 2.75) is 30.6 Å². The molecular formula is C20H22N4O2S2. The smallest absolute Gasteiger partial charge is 0.253 e. The van der Waals surface area contributed by atoms with E-state index in [0.29, 0.717) is 29.8 Å². The topological polar surface area (TPSA) is 81.3 Å². The number of hydrogen-bond acceptors (Lipinski definition) is 7. The maximum Gasteiger partial charge on any atom is 0.253 e. The number of ether oxygens (including phenoxy) is 1. The van der Waals surface area contributed by atoms with E-state index in [-0.39, 0.29) is 11.9 Å². The normalized spacial score (nSPS) is 17.1. The Labute approximate surface area is 172 Å². The zero-order chi connectivity index (χ0) is 19.5. The molecule has 0 saturated carbocycles. The Kier molecular flexibility index (Phi) is 5.79. The van der Waals surface area contributed by atoms with Gasteiger partial charge in [-0.25, -0.2) is 4.98 Å². The number of rotatable bonds is 5. The maximum absolute atomic E-state index is 12.6. The van der Waals surface area contributed by atoms with Gasteiger partial charge in [-0.15, -0.1) is 11.3 Å². The molecular weight excluding hydrogens is 392 g/mol. The lowest BCUT2D eigenvalue weighted by molar-refractivity contribution is 0.0709. The number of aromatic nitrogens is 2. The number of thioether (sulfide) groups is 1. The Bertz CT molecular complexity index is 974. The van der Waals surface area contributed by atoms with E-state index in [1.807, 2.05) is 46.9 Å². The summed E-state index contributed by atoms with van der Waals surface area (Å²) in [5.74, 6) is 0.640. The SMILES string of the molecule is CSc1nc(OCc2ccc(C(=O)N3CCCC(N)C3)cc2)c2ccsc2n1. The molecule has 4 rings (SSSR count). The summed E-state index contributed by atoms with van der Waals surface area (Å²) in [4.78, 5) is 24.4. The van der Waals surface area contributed by atoms with Gasteiger partial charge in [-0.3, -0.25) is 4.79 Å². The molecule has 1 amide bonds. The number of fused-ring (bicyclic) bond motifs is 1. The van der Waals surface area contributed by atoms with E-state index in [4.69, 9.17) is 10.5 Å².